The molecule has 2 aromatic rings. The lowest BCUT2D eigenvalue weighted by Gasteiger charge is -2.13. The third kappa shape index (κ3) is 4.28. The third-order valence-corrected chi connectivity index (χ3v) is 3.53. The number of para-hydroxylation sites is 1. The molecular formula is C16H14ClN3O2S. The summed E-state index contributed by atoms with van der Waals surface area (Å²) < 4.78 is 0. The molecule has 0 spiro atoms. The smallest absolute Gasteiger partial charge is 0.258 e. The number of anilines is 1. The van der Waals surface area contributed by atoms with Crippen LogP contribution >= 0.6 is 23.8 Å². The van der Waals surface area contributed by atoms with Gasteiger partial charge in [0, 0.05) is 7.05 Å². The molecule has 2 aromatic carbocycles. The van der Waals surface area contributed by atoms with Gasteiger partial charge in [-0.3, -0.25) is 14.9 Å². The van der Waals surface area contributed by atoms with Gasteiger partial charge in [0.05, 0.1) is 21.8 Å². The molecule has 0 heterocycles. The van der Waals surface area contributed by atoms with E-state index >= 15 is 0 Å². The molecule has 23 heavy (non-hydrogen) atoms. The van der Waals surface area contributed by atoms with Gasteiger partial charge in [0.2, 0.25) is 0 Å². The third-order valence-electron chi connectivity index (χ3n) is 2.99. The van der Waals surface area contributed by atoms with Crippen LogP contribution in [0.5, 0.6) is 0 Å². The van der Waals surface area contributed by atoms with Gasteiger partial charge in [-0.1, -0.05) is 35.9 Å². The first-order valence-corrected chi connectivity index (χ1v) is 7.49. The number of amides is 2. The van der Waals surface area contributed by atoms with Gasteiger partial charge in [-0.05, 0) is 36.5 Å². The predicted molar refractivity (Wildman–Crippen MR) is 95.0 cm³/mol. The number of nitrogens with one attached hydrogen (secondary N) is 3. The van der Waals surface area contributed by atoms with Crippen LogP contribution in [0.1, 0.15) is 20.7 Å². The van der Waals surface area contributed by atoms with E-state index in [1.165, 1.54) is 7.05 Å². The highest BCUT2D eigenvalue weighted by Crippen LogP contribution is 2.16. The van der Waals surface area contributed by atoms with Crippen molar-refractivity contribution in [2.45, 2.75) is 0 Å². The summed E-state index contributed by atoms with van der Waals surface area (Å²) >= 11 is 11.1. The van der Waals surface area contributed by atoms with Crippen molar-refractivity contribution in [1.82, 2.24) is 10.6 Å². The Bertz CT molecular complexity index is 764. The van der Waals surface area contributed by atoms with E-state index in [-0.39, 0.29) is 11.0 Å². The summed E-state index contributed by atoms with van der Waals surface area (Å²) in [5, 5.41) is 8.33. The minimum absolute atomic E-state index is 0.0753. The number of carbonyl (C=O) groups is 2. The van der Waals surface area contributed by atoms with Crippen molar-refractivity contribution in [3.05, 3.63) is 64.7 Å². The van der Waals surface area contributed by atoms with Crippen molar-refractivity contribution in [3.63, 3.8) is 0 Å². The molecule has 0 aliphatic heterocycles. The second-order valence-corrected chi connectivity index (χ2v) is 5.33. The Hall–Kier alpha value is -2.44. The summed E-state index contributed by atoms with van der Waals surface area (Å²) in [6, 6.07) is 13.5. The summed E-state index contributed by atoms with van der Waals surface area (Å²) in [7, 11) is 1.54. The maximum atomic E-state index is 12.1. The normalized spacial score (nSPS) is 9.83. The summed E-state index contributed by atoms with van der Waals surface area (Å²) in [6.07, 6.45) is 0. The van der Waals surface area contributed by atoms with E-state index < -0.39 is 5.91 Å². The number of carbonyl (C=O) groups excluding carboxylic acids is 2. The zero-order valence-corrected chi connectivity index (χ0v) is 13.8. The van der Waals surface area contributed by atoms with E-state index in [0.29, 0.717) is 21.8 Å². The number of benzene rings is 2. The molecule has 5 nitrogen and oxygen atoms in total. The van der Waals surface area contributed by atoms with Crippen LogP contribution in [-0.2, 0) is 0 Å². The van der Waals surface area contributed by atoms with Crippen molar-refractivity contribution in [2.75, 3.05) is 12.4 Å². The number of thiocarbonyl (C=S) groups is 1. The monoisotopic (exact) mass is 347 g/mol. The molecule has 3 N–H and O–H groups in total. The van der Waals surface area contributed by atoms with Crippen LogP contribution in [0, 0.1) is 0 Å². The van der Waals surface area contributed by atoms with Gasteiger partial charge >= 0.3 is 0 Å². The van der Waals surface area contributed by atoms with Crippen LogP contribution in [-0.4, -0.2) is 24.0 Å². The molecule has 0 atom stereocenters. The van der Waals surface area contributed by atoms with E-state index in [2.05, 4.69) is 16.0 Å². The number of hydrogen-bond donors (Lipinski definition) is 3. The van der Waals surface area contributed by atoms with Crippen molar-refractivity contribution < 1.29 is 9.59 Å². The fourth-order valence-corrected chi connectivity index (χ4v) is 2.32. The van der Waals surface area contributed by atoms with Crippen molar-refractivity contribution >= 4 is 46.4 Å². The summed E-state index contributed by atoms with van der Waals surface area (Å²) in [5.74, 6) is -0.682. The molecule has 0 aromatic heterocycles. The van der Waals surface area contributed by atoms with E-state index in [9.17, 15) is 9.59 Å². The molecule has 118 valence electrons. The Morgan fingerprint density at radius 1 is 0.957 bits per heavy atom. The molecule has 0 saturated carbocycles. The Morgan fingerprint density at radius 3 is 2.22 bits per heavy atom. The first-order chi connectivity index (χ1) is 11.0. The number of rotatable bonds is 3. The van der Waals surface area contributed by atoms with Gasteiger partial charge < -0.3 is 10.6 Å². The molecule has 0 radical (unpaired) electrons. The molecule has 0 aliphatic rings. The molecule has 2 amide bonds. The fourth-order valence-electron chi connectivity index (χ4n) is 1.89. The Balaban J connectivity index is 2.10. The molecule has 0 bridgehead atoms. The van der Waals surface area contributed by atoms with Crippen LogP contribution in [0.3, 0.4) is 0 Å². The first-order valence-electron chi connectivity index (χ1n) is 6.71. The lowest BCUT2D eigenvalue weighted by molar-refractivity contribution is 0.0961. The SMILES string of the molecule is CNC(=O)c1ccccc1NC(=S)NC(=O)c1ccccc1Cl. The standard InChI is InChI=1S/C16H14ClN3O2S/c1-18-14(21)11-7-3-5-9-13(11)19-16(23)20-15(22)10-6-2-4-8-12(10)17/h2-9H,1H3,(H,18,21)(H2,19,20,22,23). The van der Waals surface area contributed by atoms with Crippen molar-refractivity contribution in [2.24, 2.45) is 0 Å². The molecule has 0 unspecified atom stereocenters. The van der Waals surface area contributed by atoms with Gasteiger partial charge in [-0.25, -0.2) is 0 Å². The highest BCUT2D eigenvalue weighted by molar-refractivity contribution is 7.80. The topological polar surface area (TPSA) is 70.2 Å². The van der Waals surface area contributed by atoms with E-state index in [1.54, 1.807) is 48.5 Å². The minimum Gasteiger partial charge on any atom is -0.355 e. The molecule has 0 saturated heterocycles. The Morgan fingerprint density at radius 2 is 1.57 bits per heavy atom. The van der Waals surface area contributed by atoms with E-state index in [1.807, 2.05) is 0 Å². The van der Waals surface area contributed by atoms with Crippen molar-refractivity contribution in [1.29, 1.82) is 0 Å². The average Bonchev–Trinajstić information content (AvgIpc) is 2.54. The molecule has 0 aliphatic carbocycles. The summed E-state index contributed by atoms with van der Waals surface area (Å²) in [4.78, 5) is 23.9. The van der Waals surface area contributed by atoms with E-state index in [4.69, 9.17) is 23.8 Å². The highest BCUT2D eigenvalue weighted by Gasteiger charge is 2.13. The Kier molecular flexibility index (Phi) is 5.67. The quantitative estimate of drug-likeness (QED) is 0.747. The lowest BCUT2D eigenvalue weighted by atomic mass is 10.1. The van der Waals surface area contributed by atoms with Crippen LogP contribution in [0.4, 0.5) is 5.69 Å². The van der Waals surface area contributed by atoms with Gasteiger partial charge in [0.15, 0.2) is 5.11 Å². The predicted octanol–water partition coefficient (Wildman–Crippen LogP) is 2.83. The van der Waals surface area contributed by atoms with Crippen LogP contribution in [0.25, 0.3) is 0 Å². The average molecular weight is 348 g/mol. The first kappa shape index (κ1) is 16.9. The Labute approximate surface area is 144 Å². The molecular weight excluding hydrogens is 334 g/mol. The lowest BCUT2D eigenvalue weighted by Crippen LogP contribution is -2.35. The van der Waals surface area contributed by atoms with Gasteiger partial charge in [-0.2, -0.15) is 0 Å². The van der Waals surface area contributed by atoms with Gasteiger partial charge in [0.25, 0.3) is 11.8 Å². The van der Waals surface area contributed by atoms with Gasteiger partial charge in [0.1, 0.15) is 0 Å². The molecule has 7 heteroatoms. The fraction of sp³-hybridized carbons (Fsp3) is 0.0625. The minimum atomic E-state index is -0.425. The van der Waals surface area contributed by atoms with E-state index in [0.717, 1.165) is 0 Å². The van der Waals surface area contributed by atoms with Crippen LogP contribution < -0.4 is 16.0 Å². The maximum Gasteiger partial charge on any atom is 0.258 e. The number of hydrogen-bond acceptors (Lipinski definition) is 3. The van der Waals surface area contributed by atoms with Crippen LogP contribution in [0.15, 0.2) is 48.5 Å². The summed E-state index contributed by atoms with van der Waals surface area (Å²) in [5.41, 5.74) is 1.23. The summed E-state index contributed by atoms with van der Waals surface area (Å²) in [6.45, 7) is 0. The zero-order chi connectivity index (χ0) is 16.8. The second kappa shape index (κ2) is 7.71. The van der Waals surface area contributed by atoms with Crippen LogP contribution in [0.2, 0.25) is 5.02 Å². The maximum absolute atomic E-state index is 12.1. The van der Waals surface area contributed by atoms with Crippen molar-refractivity contribution in [3.8, 4) is 0 Å². The van der Waals surface area contributed by atoms with Gasteiger partial charge in [-0.15, -0.1) is 0 Å². The highest BCUT2D eigenvalue weighted by atomic mass is 35.5. The molecule has 0 fully saturated rings. The largest absolute Gasteiger partial charge is 0.355 e. The molecule has 2 rings (SSSR count). The zero-order valence-electron chi connectivity index (χ0n) is 12.2. The second-order valence-electron chi connectivity index (χ2n) is 4.51. The number of halogens is 1.